The van der Waals surface area contributed by atoms with E-state index in [-0.39, 0.29) is 5.69 Å². The zero-order valence-corrected chi connectivity index (χ0v) is 8.18. The van der Waals surface area contributed by atoms with Gasteiger partial charge in [-0.3, -0.25) is 10.1 Å². The monoisotopic (exact) mass is 208 g/mol. The van der Waals surface area contributed by atoms with E-state index < -0.39 is 4.92 Å². The third kappa shape index (κ3) is 2.59. The van der Waals surface area contributed by atoms with Gasteiger partial charge in [0.1, 0.15) is 5.75 Å². The highest BCUT2D eigenvalue weighted by Crippen LogP contribution is 2.31. The number of hydrogen-bond acceptors (Lipinski definition) is 4. The molecule has 0 amide bonds. The van der Waals surface area contributed by atoms with Gasteiger partial charge in [0.25, 0.3) is 5.69 Å². The van der Waals surface area contributed by atoms with Crippen molar-refractivity contribution in [3.05, 3.63) is 28.3 Å². The smallest absolute Gasteiger partial charge is 0.275 e. The number of nitro groups is 1. The quantitative estimate of drug-likeness (QED) is 0.466. The highest BCUT2D eigenvalue weighted by atomic mass is 16.6. The van der Waals surface area contributed by atoms with Crippen molar-refractivity contribution in [1.29, 1.82) is 0 Å². The number of non-ortho nitro benzene ring substituents is 1. The number of nitro benzene ring substituents is 1. The number of ether oxygens (including phenoxy) is 1. The molecule has 0 unspecified atom stereocenters. The SMILES string of the molecule is Nc1cc(OCC2CC2)cc([N+](=O)[O-])c1. The molecule has 1 fully saturated rings. The Labute approximate surface area is 87.0 Å². The molecule has 1 saturated carbocycles. The minimum absolute atomic E-state index is 0.0270. The zero-order valence-electron chi connectivity index (χ0n) is 8.18. The van der Waals surface area contributed by atoms with Crippen LogP contribution in [0.2, 0.25) is 0 Å². The fraction of sp³-hybridized carbons (Fsp3) is 0.400. The molecule has 0 aromatic heterocycles. The molecule has 1 aliphatic rings. The van der Waals surface area contributed by atoms with Gasteiger partial charge in [0.05, 0.1) is 17.6 Å². The molecule has 5 heteroatoms. The highest BCUT2D eigenvalue weighted by Gasteiger charge is 2.22. The summed E-state index contributed by atoms with van der Waals surface area (Å²) in [6.07, 6.45) is 2.37. The molecule has 1 aromatic rings. The van der Waals surface area contributed by atoms with Gasteiger partial charge in [-0.05, 0) is 18.8 Å². The molecule has 2 N–H and O–H groups in total. The average molecular weight is 208 g/mol. The van der Waals surface area contributed by atoms with Gasteiger partial charge in [-0.15, -0.1) is 0 Å². The molecule has 0 atom stereocenters. The Morgan fingerprint density at radius 2 is 2.20 bits per heavy atom. The van der Waals surface area contributed by atoms with Crippen molar-refractivity contribution in [3.63, 3.8) is 0 Å². The van der Waals surface area contributed by atoms with Gasteiger partial charge in [-0.1, -0.05) is 0 Å². The normalized spacial score (nSPS) is 14.9. The molecule has 0 aliphatic heterocycles. The second-order valence-corrected chi connectivity index (χ2v) is 3.77. The molecule has 80 valence electrons. The topological polar surface area (TPSA) is 78.4 Å². The molecule has 1 aromatic carbocycles. The third-order valence-corrected chi connectivity index (χ3v) is 2.31. The van der Waals surface area contributed by atoms with Crippen LogP contribution in [0.4, 0.5) is 11.4 Å². The van der Waals surface area contributed by atoms with Gasteiger partial charge < -0.3 is 10.5 Å². The Bertz CT molecular complexity index is 388. The number of benzene rings is 1. The molecule has 0 saturated heterocycles. The molecule has 2 rings (SSSR count). The van der Waals surface area contributed by atoms with E-state index in [4.69, 9.17) is 10.5 Å². The molecule has 0 radical (unpaired) electrons. The maximum atomic E-state index is 10.6. The average Bonchev–Trinajstić information content (AvgIpc) is 2.97. The third-order valence-electron chi connectivity index (χ3n) is 2.31. The van der Waals surface area contributed by atoms with E-state index in [1.807, 2.05) is 0 Å². The predicted molar refractivity (Wildman–Crippen MR) is 55.7 cm³/mol. The molecular weight excluding hydrogens is 196 g/mol. The molecule has 0 spiro atoms. The maximum absolute atomic E-state index is 10.6. The summed E-state index contributed by atoms with van der Waals surface area (Å²) in [6, 6.07) is 4.33. The molecular formula is C10H12N2O3. The Morgan fingerprint density at radius 1 is 1.47 bits per heavy atom. The summed E-state index contributed by atoms with van der Waals surface area (Å²) < 4.78 is 5.42. The lowest BCUT2D eigenvalue weighted by molar-refractivity contribution is -0.384. The lowest BCUT2D eigenvalue weighted by atomic mass is 10.2. The molecule has 15 heavy (non-hydrogen) atoms. The summed E-state index contributed by atoms with van der Waals surface area (Å²) in [5, 5.41) is 10.6. The first-order valence-electron chi connectivity index (χ1n) is 4.83. The Balaban J connectivity index is 2.10. The number of nitrogens with two attached hydrogens (primary N) is 1. The maximum Gasteiger partial charge on any atom is 0.275 e. The van der Waals surface area contributed by atoms with Crippen molar-refractivity contribution in [1.82, 2.24) is 0 Å². The van der Waals surface area contributed by atoms with Gasteiger partial charge in [-0.2, -0.15) is 0 Å². The minimum Gasteiger partial charge on any atom is -0.493 e. The summed E-state index contributed by atoms with van der Waals surface area (Å²) in [4.78, 5) is 10.1. The number of nitrogens with zero attached hydrogens (tertiary/aromatic N) is 1. The lowest BCUT2D eigenvalue weighted by Gasteiger charge is -2.05. The van der Waals surface area contributed by atoms with Gasteiger partial charge in [-0.25, -0.2) is 0 Å². The lowest BCUT2D eigenvalue weighted by Crippen LogP contribution is -2.00. The Morgan fingerprint density at radius 3 is 2.80 bits per heavy atom. The van der Waals surface area contributed by atoms with Crippen LogP contribution in [0, 0.1) is 16.0 Å². The zero-order chi connectivity index (χ0) is 10.8. The number of anilines is 1. The van der Waals surface area contributed by atoms with Crippen LogP contribution >= 0.6 is 0 Å². The Hall–Kier alpha value is -1.78. The van der Waals surface area contributed by atoms with Gasteiger partial charge in [0.15, 0.2) is 0 Å². The second kappa shape index (κ2) is 3.76. The van der Waals surface area contributed by atoms with Crippen LogP contribution < -0.4 is 10.5 Å². The van der Waals surface area contributed by atoms with Crippen molar-refractivity contribution in [2.75, 3.05) is 12.3 Å². The van der Waals surface area contributed by atoms with Crippen molar-refractivity contribution in [3.8, 4) is 5.75 Å². The number of rotatable bonds is 4. The van der Waals surface area contributed by atoms with E-state index in [0.717, 1.165) is 0 Å². The van der Waals surface area contributed by atoms with Crippen molar-refractivity contribution < 1.29 is 9.66 Å². The fourth-order valence-electron chi connectivity index (χ4n) is 1.29. The molecule has 5 nitrogen and oxygen atoms in total. The summed E-state index contributed by atoms with van der Waals surface area (Å²) in [5.74, 6) is 1.10. The summed E-state index contributed by atoms with van der Waals surface area (Å²) in [7, 11) is 0. The number of nitrogen functional groups attached to an aromatic ring is 1. The van der Waals surface area contributed by atoms with E-state index in [2.05, 4.69) is 0 Å². The van der Waals surface area contributed by atoms with Crippen LogP contribution in [-0.2, 0) is 0 Å². The number of hydrogen-bond donors (Lipinski definition) is 1. The van der Waals surface area contributed by atoms with Crippen LogP contribution in [0.1, 0.15) is 12.8 Å². The van der Waals surface area contributed by atoms with Gasteiger partial charge >= 0.3 is 0 Å². The van der Waals surface area contributed by atoms with E-state index in [9.17, 15) is 10.1 Å². The van der Waals surface area contributed by atoms with Crippen molar-refractivity contribution in [2.24, 2.45) is 5.92 Å². The van der Waals surface area contributed by atoms with Crippen molar-refractivity contribution >= 4 is 11.4 Å². The highest BCUT2D eigenvalue weighted by molar-refractivity contribution is 5.53. The van der Waals surface area contributed by atoms with Gasteiger partial charge in [0.2, 0.25) is 0 Å². The Kier molecular flexibility index (Phi) is 2.45. The predicted octanol–water partition coefficient (Wildman–Crippen LogP) is 1.97. The summed E-state index contributed by atoms with van der Waals surface area (Å²) >= 11 is 0. The largest absolute Gasteiger partial charge is 0.493 e. The fourth-order valence-corrected chi connectivity index (χ4v) is 1.29. The summed E-state index contributed by atoms with van der Waals surface area (Å²) in [6.45, 7) is 0.626. The molecule has 0 bridgehead atoms. The van der Waals surface area contributed by atoms with Crippen molar-refractivity contribution in [2.45, 2.75) is 12.8 Å². The second-order valence-electron chi connectivity index (χ2n) is 3.77. The van der Waals surface area contributed by atoms with E-state index >= 15 is 0 Å². The first-order valence-corrected chi connectivity index (χ1v) is 4.83. The summed E-state index contributed by atoms with van der Waals surface area (Å²) in [5.41, 5.74) is 5.86. The molecule has 0 heterocycles. The van der Waals surface area contributed by atoms with Gasteiger partial charge in [0, 0.05) is 17.8 Å². The minimum atomic E-state index is -0.472. The van der Waals surface area contributed by atoms with Crippen LogP contribution in [0.5, 0.6) is 5.75 Å². The standard InChI is InChI=1S/C10H12N2O3/c11-8-3-9(12(13)14)5-10(4-8)15-6-7-1-2-7/h3-5,7H,1-2,6,11H2. The van der Waals surface area contributed by atoms with E-state index in [0.29, 0.717) is 24.0 Å². The first kappa shape index (κ1) is 9.76. The van der Waals surface area contributed by atoms with Crippen LogP contribution in [0.3, 0.4) is 0 Å². The van der Waals surface area contributed by atoms with E-state index in [1.165, 1.54) is 25.0 Å². The molecule has 1 aliphatic carbocycles. The van der Waals surface area contributed by atoms with Crippen LogP contribution in [-0.4, -0.2) is 11.5 Å². The van der Waals surface area contributed by atoms with Crippen LogP contribution in [0.25, 0.3) is 0 Å². The first-order chi connectivity index (χ1) is 7.15. The van der Waals surface area contributed by atoms with E-state index in [1.54, 1.807) is 6.07 Å². The van der Waals surface area contributed by atoms with Crippen LogP contribution in [0.15, 0.2) is 18.2 Å².